The zero-order valence-corrected chi connectivity index (χ0v) is 11.0. The van der Waals surface area contributed by atoms with Gasteiger partial charge < -0.3 is 10.1 Å². The smallest absolute Gasteiger partial charge is 0.137 e. The number of hydrogen-bond acceptors (Lipinski definition) is 2. The summed E-state index contributed by atoms with van der Waals surface area (Å²) in [7, 11) is 0. The number of rotatable bonds is 6. The van der Waals surface area contributed by atoms with Crippen molar-refractivity contribution in [2.45, 2.75) is 33.2 Å². The Morgan fingerprint density at radius 3 is 2.69 bits per heavy atom. The fraction of sp³-hybridized carbons (Fsp3) is 0.538. The Bertz CT molecular complexity index is 328. The highest BCUT2D eigenvalue weighted by atomic mass is 35.5. The molecule has 1 aromatic rings. The highest BCUT2D eigenvalue weighted by Crippen LogP contribution is 2.27. The molecule has 1 unspecified atom stereocenters. The average Bonchev–Trinajstić information content (AvgIpc) is 2.29. The molecule has 0 aromatic heterocycles. The van der Waals surface area contributed by atoms with E-state index in [2.05, 4.69) is 25.2 Å². The van der Waals surface area contributed by atoms with Crippen LogP contribution in [0.5, 0.6) is 5.75 Å². The van der Waals surface area contributed by atoms with Gasteiger partial charge >= 0.3 is 0 Å². The molecule has 2 nitrogen and oxygen atoms in total. The molecule has 0 radical (unpaired) electrons. The third kappa shape index (κ3) is 3.69. The molecule has 1 atom stereocenters. The van der Waals surface area contributed by atoms with Gasteiger partial charge in [0.2, 0.25) is 0 Å². The summed E-state index contributed by atoms with van der Waals surface area (Å²) in [5.41, 5.74) is 1.20. The summed E-state index contributed by atoms with van der Waals surface area (Å²) in [6, 6.07) is 6.29. The van der Waals surface area contributed by atoms with E-state index < -0.39 is 0 Å². The quantitative estimate of drug-likeness (QED) is 0.818. The van der Waals surface area contributed by atoms with Crippen LogP contribution in [-0.2, 0) is 0 Å². The van der Waals surface area contributed by atoms with Gasteiger partial charge in [-0.25, -0.2) is 0 Å². The van der Waals surface area contributed by atoms with Crippen LogP contribution in [0, 0.1) is 0 Å². The minimum absolute atomic E-state index is 0.327. The third-order valence-electron chi connectivity index (χ3n) is 2.46. The summed E-state index contributed by atoms with van der Waals surface area (Å²) in [6.07, 6.45) is 1.13. The molecule has 0 bridgehead atoms. The van der Waals surface area contributed by atoms with E-state index in [4.69, 9.17) is 16.3 Å². The highest BCUT2D eigenvalue weighted by molar-refractivity contribution is 6.32. The monoisotopic (exact) mass is 241 g/mol. The van der Waals surface area contributed by atoms with E-state index in [1.165, 1.54) is 5.56 Å². The first-order valence-electron chi connectivity index (χ1n) is 5.84. The average molecular weight is 242 g/mol. The topological polar surface area (TPSA) is 21.3 Å². The molecule has 90 valence electrons. The lowest BCUT2D eigenvalue weighted by atomic mass is 10.1. The van der Waals surface area contributed by atoms with Crippen molar-refractivity contribution in [1.29, 1.82) is 0 Å². The zero-order chi connectivity index (χ0) is 12.0. The first kappa shape index (κ1) is 13.3. The molecule has 0 heterocycles. The fourth-order valence-electron chi connectivity index (χ4n) is 1.54. The molecule has 0 amide bonds. The molecular weight excluding hydrogens is 222 g/mol. The van der Waals surface area contributed by atoms with Crippen molar-refractivity contribution in [3.8, 4) is 5.75 Å². The van der Waals surface area contributed by atoms with Crippen molar-refractivity contribution in [2.24, 2.45) is 0 Å². The summed E-state index contributed by atoms with van der Waals surface area (Å²) in [6.45, 7) is 7.91. The van der Waals surface area contributed by atoms with Gasteiger partial charge in [0.05, 0.1) is 11.6 Å². The van der Waals surface area contributed by atoms with Gasteiger partial charge in [0.15, 0.2) is 0 Å². The van der Waals surface area contributed by atoms with Gasteiger partial charge in [-0.05, 0) is 44.5 Å². The fourth-order valence-corrected chi connectivity index (χ4v) is 1.78. The van der Waals surface area contributed by atoms with Crippen LogP contribution in [0.2, 0.25) is 5.02 Å². The lowest BCUT2D eigenvalue weighted by Crippen LogP contribution is -2.19. The Hall–Kier alpha value is -0.730. The van der Waals surface area contributed by atoms with E-state index in [1.807, 2.05) is 19.1 Å². The number of nitrogens with one attached hydrogen (secondary N) is 1. The maximum absolute atomic E-state index is 6.13. The number of ether oxygens (including phenoxy) is 1. The van der Waals surface area contributed by atoms with Crippen LogP contribution < -0.4 is 10.1 Å². The van der Waals surface area contributed by atoms with E-state index in [0.717, 1.165) is 18.7 Å². The van der Waals surface area contributed by atoms with Gasteiger partial charge in [-0.15, -0.1) is 0 Å². The molecular formula is C13H20ClNO. The second-order valence-corrected chi connectivity index (χ2v) is 4.21. The van der Waals surface area contributed by atoms with Gasteiger partial charge in [0, 0.05) is 6.04 Å². The Morgan fingerprint density at radius 1 is 1.38 bits per heavy atom. The van der Waals surface area contributed by atoms with E-state index in [-0.39, 0.29) is 0 Å². The van der Waals surface area contributed by atoms with E-state index >= 15 is 0 Å². The minimum atomic E-state index is 0.327. The Balaban J connectivity index is 2.71. The summed E-state index contributed by atoms with van der Waals surface area (Å²) in [5, 5.41) is 4.11. The largest absolute Gasteiger partial charge is 0.492 e. The van der Waals surface area contributed by atoms with Crippen LogP contribution in [0.25, 0.3) is 0 Å². The lowest BCUT2D eigenvalue weighted by Gasteiger charge is -2.15. The van der Waals surface area contributed by atoms with Crippen LogP contribution in [-0.4, -0.2) is 13.2 Å². The molecule has 1 N–H and O–H groups in total. The summed E-state index contributed by atoms with van der Waals surface area (Å²) in [4.78, 5) is 0. The maximum atomic E-state index is 6.13. The Kier molecular flexibility index (Phi) is 5.64. The Morgan fingerprint density at radius 2 is 2.12 bits per heavy atom. The standard InChI is InChI=1S/C13H20ClNO/c1-4-8-15-10(3)11-6-7-13(16-5-2)12(14)9-11/h6-7,9-10,15H,4-5,8H2,1-3H3. The van der Waals surface area contributed by atoms with Crippen molar-refractivity contribution in [1.82, 2.24) is 5.32 Å². The SMILES string of the molecule is CCCNC(C)c1ccc(OCC)c(Cl)c1. The van der Waals surface area contributed by atoms with Gasteiger partial charge in [-0.3, -0.25) is 0 Å². The highest BCUT2D eigenvalue weighted by Gasteiger charge is 2.07. The van der Waals surface area contributed by atoms with E-state index in [0.29, 0.717) is 17.7 Å². The lowest BCUT2D eigenvalue weighted by molar-refractivity contribution is 0.340. The summed E-state index contributed by atoms with van der Waals surface area (Å²) >= 11 is 6.13. The normalized spacial score (nSPS) is 12.5. The van der Waals surface area contributed by atoms with Crippen molar-refractivity contribution in [3.05, 3.63) is 28.8 Å². The van der Waals surface area contributed by atoms with E-state index in [1.54, 1.807) is 0 Å². The van der Waals surface area contributed by atoms with Crippen LogP contribution in [0.15, 0.2) is 18.2 Å². The second kappa shape index (κ2) is 6.77. The zero-order valence-electron chi connectivity index (χ0n) is 10.2. The maximum Gasteiger partial charge on any atom is 0.137 e. The molecule has 0 spiro atoms. The second-order valence-electron chi connectivity index (χ2n) is 3.80. The van der Waals surface area contributed by atoms with Gasteiger partial charge in [-0.2, -0.15) is 0 Å². The molecule has 16 heavy (non-hydrogen) atoms. The molecule has 0 fully saturated rings. The number of halogens is 1. The van der Waals surface area contributed by atoms with Gasteiger partial charge in [0.25, 0.3) is 0 Å². The predicted octanol–water partition coefficient (Wildman–Crippen LogP) is 3.80. The van der Waals surface area contributed by atoms with Crippen LogP contribution in [0.3, 0.4) is 0 Å². The van der Waals surface area contributed by atoms with Crippen LogP contribution in [0.4, 0.5) is 0 Å². The third-order valence-corrected chi connectivity index (χ3v) is 2.75. The molecule has 3 heteroatoms. The number of benzene rings is 1. The first-order valence-corrected chi connectivity index (χ1v) is 6.22. The van der Waals surface area contributed by atoms with Crippen molar-refractivity contribution >= 4 is 11.6 Å². The van der Waals surface area contributed by atoms with Crippen LogP contribution >= 0.6 is 11.6 Å². The summed E-state index contributed by atoms with van der Waals surface area (Å²) < 4.78 is 5.40. The van der Waals surface area contributed by atoms with Gasteiger partial charge in [-0.1, -0.05) is 24.6 Å². The summed E-state index contributed by atoms with van der Waals surface area (Å²) in [5.74, 6) is 0.760. The first-order chi connectivity index (χ1) is 7.69. The minimum Gasteiger partial charge on any atom is -0.492 e. The molecule has 0 saturated carbocycles. The molecule has 0 aliphatic heterocycles. The predicted molar refractivity (Wildman–Crippen MR) is 69.3 cm³/mol. The van der Waals surface area contributed by atoms with Crippen LogP contribution in [0.1, 0.15) is 38.8 Å². The molecule has 1 aromatic carbocycles. The van der Waals surface area contributed by atoms with E-state index in [9.17, 15) is 0 Å². The molecule has 0 saturated heterocycles. The number of hydrogen-bond donors (Lipinski definition) is 1. The van der Waals surface area contributed by atoms with Crippen molar-refractivity contribution < 1.29 is 4.74 Å². The van der Waals surface area contributed by atoms with Gasteiger partial charge in [0.1, 0.15) is 5.75 Å². The molecule has 0 aliphatic rings. The van der Waals surface area contributed by atoms with Crippen molar-refractivity contribution in [3.63, 3.8) is 0 Å². The molecule has 1 rings (SSSR count). The van der Waals surface area contributed by atoms with Crippen molar-refractivity contribution in [2.75, 3.05) is 13.2 Å². The molecule has 0 aliphatic carbocycles. The Labute approximate surface area is 103 Å².